The van der Waals surface area contributed by atoms with E-state index in [2.05, 4.69) is 27.5 Å². The number of rotatable bonds is 4. The van der Waals surface area contributed by atoms with E-state index in [9.17, 15) is 0 Å². The van der Waals surface area contributed by atoms with E-state index in [1.807, 2.05) is 0 Å². The van der Waals surface area contributed by atoms with Crippen LogP contribution in [0.2, 0.25) is 5.02 Å². The van der Waals surface area contributed by atoms with E-state index in [4.69, 9.17) is 11.6 Å². The molecule has 2 N–H and O–H groups in total. The highest BCUT2D eigenvalue weighted by Crippen LogP contribution is 2.18. The van der Waals surface area contributed by atoms with Crippen LogP contribution in [-0.2, 0) is 0 Å². The summed E-state index contributed by atoms with van der Waals surface area (Å²) in [6.07, 6.45) is 2.62. The zero-order valence-corrected chi connectivity index (χ0v) is 8.52. The first-order chi connectivity index (χ1) is 6.27. The van der Waals surface area contributed by atoms with Gasteiger partial charge in [-0.2, -0.15) is 4.98 Å². The number of nitrogens with zero attached hydrogens (tertiary/aromatic N) is 2. The lowest BCUT2D eigenvalue weighted by atomic mass is 10.4. The Morgan fingerprint density at radius 1 is 1.54 bits per heavy atom. The number of hydrogen-bond acceptors (Lipinski definition) is 4. The van der Waals surface area contributed by atoms with Crippen LogP contribution in [0.4, 0.5) is 11.8 Å². The summed E-state index contributed by atoms with van der Waals surface area (Å²) < 4.78 is 0. The minimum atomic E-state index is 0.549. The van der Waals surface area contributed by atoms with Gasteiger partial charge in [-0.15, -0.1) is 0 Å². The van der Waals surface area contributed by atoms with Crippen molar-refractivity contribution in [2.24, 2.45) is 0 Å². The monoisotopic (exact) mass is 200 g/mol. The molecule has 5 heteroatoms. The molecule has 0 aromatic carbocycles. The van der Waals surface area contributed by atoms with E-state index >= 15 is 0 Å². The van der Waals surface area contributed by atoms with E-state index in [1.54, 1.807) is 13.2 Å². The highest BCUT2D eigenvalue weighted by atomic mass is 35.5. The van der Waals surface area contributed by atoms with Gasteiger partial charge in [-0.25, -0.2) is 4.98 Å². The zero-order valence-electron chi connectivity index (χ0n) is 7.76. The highest BCUT2D eigenvalue weighted by Gasteiger charge is 2.02. The molecule has 0 aliphatic heterocycles. The van der Waals surface area contributed by atoms with Crippen molar-refractivity contribution in [3.8, 4) is 0 Å². The van der Waals surface area contributed by atoms with Crippen molar-refractivity contribution >= 4 is 23.4 Å². The van der Waals surface area contributed by atoms with Gasteiger partial charge in [-0.1, -0.05) is 18.5 Å². The van der Waals surface area contributed by atoms with Crippen LogP contribution in [0.15, 0.2) is 6.20 Å². The van der Waals surface area contributed by atoms with Crippen LogP contribution in [-0.4, -0.2) is 23.6 Å². The predicted molar refractivity (Wildman–Crippen MR) is 55.4 cm³/mol. The van der Waals surface area contributed by atoms with Gasteiger partial charge < -0.3 is 10.6 Å². The lowest BCUT2D eigenvalue weighted by Crippen LogP contribution is -2.05. The third-order valence-electron chi connectivity index (χ3n) is 1.51. The summed E-state index contributed by atoms with van der Waals surface area (Å²) in [5, 5.41) is 6.51. The Balaban J connectivity index is 2.78. The Labute approximate surface area is 82.7 Å². The maximum Gasteiger partial charge on any atom is 0.224 e. The van der Waals surface area contributed by atoms with Crippen LogP contribution in [0.25, 0.3) is 0 Å². The molecule has 72 valence electrons. The molecule has 1 aromatic rings. The molecule has 0 saturated heterocycles. The Kier molecular flexibility index (Phi) is 3.76. The second-order valence-corrected chi connectivity index (χ2v) is 2.97. The van der Waals surface area contributed by atoms with E-state index in [0.29, 0.717) is 16.8 Å². The molecule has 0 unspecified atom stereocenters. The van der Waals surface area contributed by atoms with Gasteiger partial charge in [0.05, 0.1) is 6.20 Å². The molecule has 0 radical (unpaired) electrons. The Bertz CT molecular complexity index is 277. The summed E-state index contributed by atoms with van der Waals surface area (Å²) in [6.45, 7) is 2.95. The summed E-state index contributed by atoms with van der Waals surface area (Å²) in [5.74, 6) is 1.26. The summed E-state index contributed by atoms with van der Waals surface area (Å²) in [7, 11) is 1.77. The van der Waals surface area contributed by atoms with E-state index in [-0.39, 0.29) is 0 Å². The molecule has 1 heterocycles. The molecule has 0 fully saturated rings. The summed E-state index contributed by atoms with van der Waals surface area (Å²) in [4.78, 5) is 8.13. The first-order valence-electron chi connectivity index (χ1n) is 4.22. The van der Waals surface area contributed by atoms with Gasteiger partial charge in [0, 0.05) is 13.6 Å². The van der Waals surface area contributed by atoms with E-state index in [0.717, 1.165) is 13.0 Å². The number of hydrogen-bond donors (Lipinski definition) is 2. The SMILES string of the molecule is CCCNc1nc(NC)ncc1Cl. The first-order valence-corrected chi connectivity index (χ1v) is 4.60. The number of halogens is 1. The van der Waals surface area contributed by atoms with Gasteiger partial charge in [-0.05, 0) is 6.42 Å². The van der Waals surface area contributed by atoms with Crippen molar-refractivity contribution in [2.75, 3.05) is 24.2 Å². The lowest BCUT2D eigenvalue weighted by Gasteiger charge is -2.06. The minimum absolute atomic E-state index is 0.549. The third-order valence-corrected chi connectivity index (χ3v) is 1.79. The van der Waals surface area contributed by atoms with Gasteiger partial charge in [0.25, 0.3) is 0 Å². The summed E-state index contributed by atoms with van der Waals surface area (Å²) in [6, 6.07) is 0. The fourth-order valence-electron chi connectivity index (χ4n) is 0.855. The zero-order chi connectivity index (χ0) is 9.68. The van der Waals surface area contributed by atoms with Crippen LogP contribution in [0.3, 0.4) is 0 Å². The van der Waals surface area contributed by atoms with E-state index in [1.165, 1.54) is 0 Å². The van der Waals surface area contributed by atoms with Crippen molar-refractivity contribution in [3.63, 3.8) is 0 Å². The molecule has 4 nitrogen and oxygen atoms in total. The molecule has 1 aromatic heterocycles. The van der Waals surface area contributed by atoms with Crippen molar-refractivity contribution < 1.29 is 0 Å². The summed E-state index contributed by atoms with van der Waals surface area (Å²) >= 11 is 5.87. The second-order valence-electron chi connectivity index (χ2n) is 2.57. The van der Waals surface area contributed by atoms with Crippen LogP contribution in [0.1, 0.15) is 13.3 Å². The normalized spacial score (nSPS) is 9.77. The molecule has 0 saturated carbocycles. The largest absolute Gasteiger partial charge is 0.369 e. The quantitative estimate of drug-likeness (QED) is 0.781. The Morgan fingerprint density at radius 2 is 2.31 bits per heavy atom. The predicted octanol–water partition coefficient (Wildman–Crippen LogP) is 1.99. The van der Waals surface area contributed by atoms with Crippen LogP contribution in [0.5, 0.6) is 0 Å². The molecule has 1 rings (SSSR count). The molecular formula is C8H13ClN4. The van der Waals surface area contributed by atoms with E-state index < -0.39 is 0 Å². The van der Waals surface area contributed by atoms with Crippen LogP contribution in [0, 0.1) is 0 Å². The number of aromatic nitrogens is 2. The molecule has 0 atom stereocenters. The molecule has 0 amide bonds. The van der Waals surface area contributed by atoms with Gasteiger partial charge >= 0.3 is 0 Å². The van der Waals surface area contributed by atoms with Crippen LogP contribution < -0.4 is 10.6 Å². The lowest BCUT2D eigenvalue weighted by molar-refractivity contribution is 0.965. The molecular weight excluding hydrogens is 188 g/mol. The number of nitrogens with one attached hydrogen (secondary N) is 2. The fourth-order valence-corrected chi connectivity index (χ4v) is 1.01. The molecule has 0 spiro atoms. The topological polar surface area (TPSA) is 49.8 Å². The van der Waals surface area contributed by atoms with Crippen LogP contribution >= 0.6 is 11.6 Å². The third kappa shape index (κ3) is 2.73. The standard InChI is InChI=1S/C8H13ClN4/c1-3-4-11-7-6(9)5-12-8(10-2)13-7/h5H,3-4H2,1-2H3,(H2,10,11,12,13). The highest BCUT2D eigenvalue weighted by molar-refractivity contribution is 6.32. The van der Waals surface area contributed by atoms with Gasteiger partial charge in [-0.3, -0.25) is 0 Å². The van der Waals surface area contributed by atoms with Gasteiger partial charge in [0.1, 0.15) is 10.8 Å². The van der Waals surface area contributed by atoms with Crippen molar-refractivity contribution in [1.82, 2.24) is 9.97 Å². The average molecular weight is 201 g/mol. The maximum absolute atomic E-state index is 5.87. The van der Waals surface area contributed by atoms with Crippen molar-refractivity contribution in [2.45, 2.75) is 13.3 Å². The average Bonchev–Trinajstić information content (AvgIpc) is 2.17. The molecule has 0 bridgehead atoms. The van der Waals surface area contributed by atoms with Crippen molar-refractivity contribution in [1.29, 1.82) is 0 Å². The fraction of sp³-hybridized carbons (Fsp3) is 0.500. The molecule has 13 heavy (non-hydrogen) atoms. The Hall–Kier alpha value is -1.03. The van der Waals surface area contributed by atoms with Gasteiger partial charge in [0.15, 0.2) is 0 Å². The second kappa shape index (κ2) is 4.87. The number of anilines is 2. The van der Waals surface area contributed by atoms with Gasteiger partial charge in [0.2, 0.25) is 5.95 Å². The minimum Gasteiger partial charge on any atom is -0.369 e. The van der Waals surface area contributed by atoms with Crippen molar-refractivity contribution in [3.05, 3.63) is 11.2 Å². The smallest absolute Gasteiger partial charge is 0.224 e. The summed E-state index contributed by atoms with van der Waals surface area (Å²) in [5.41, 5.74) is 0. The molecule has 0 aliphatic rings. The Morgan fingerprint density at radius 3 is 2.92 bits per heavy atom. The molecule has 0 aliphatic carbocycles. The maximum atomic E-state index is 5.87. The first kappa shape index (κ1) is 10.1.